The lowest BCUT2D eigenvalue weighted by Gasteiger charge is -2.41. The first-order chi connectivity index (χ1) is 30.1. The number of carbonyl (C=O) groups is 4. The van der Waals surface area contributed by atoms with E-state index in [2.05, 4.69) is 30.0 Å². The smallest absolute Gasteiger partial charge is 0.328 e. The molecule has 21 heteroatoms. The molecule has 0 radical (unpaired) electrons. The average Bonchev–Trinajstić information content (AvgIpc) is 3.70. The Labute approximate surface area is 361 Å². The van der Waals surface area contributed by atoms with Crippen molar-refractivity contribution in [2.45, 2.75) is 38.2 Å². The number of piperazine rings is 1. The minimum atomic E-state index is -4.04. The summed E-state index contributed by atoms with van der Waals surface area (Å²) < 4.78 is 59.1. The van der Waals surface area contributed by atoms with E-state index in [1.165, 1.54) is 42.4 Å². The third-order valence-corrected chi connectivity index (χ3v) is 13.4. The molecule has 3 saturated heterocycles. The molecule has 3 aliphatic heterocycles. The van der Waals surface area contributed by atoms with E-state index in [4.69, 9.17) is 0 Å². The van der Waals surface area contributed by atoms with Crippen LogP contribution < -0.4 is 24.7 Å². The maximum atomic E-state index is 15.6. The molecule has 3 fully saturated rings. The molecule has 2 aromatic carbocycles. The molecule has 5 aromatic rings. The van der Waals surface area contributed by atoms with Crippen LogP contribution >= 0.6 is 0 Å². The van der Waals surface area contributed by atoms with E-state index in [9.17, 15) is 32.7 Å². The maximum absolute atomic E-state index is 15.6. The Hall–Kier alpha value is -6.58. The van der Waals surface area contributed by atoms with Crippen molar-refractivity contribution in [2.75, 3.05) is 78.8 Å². The van der Waals surface area contributed by atoms with Crippen LogP contribution in [0.5, 0.6) is 0 Å². The predicted molar refractivity (Wildman–Crippen MR) is 230 cm³/mol. The Kier molecular flexibility index (Phi) is 11.8. The fourth-order valence-corrected chi connectivity index (χ4v) is 8.85. The average molecular weight is 886 g/mol. The number of fused-ring (bicyclic) bond motifs is 1. The number of aliphatic hydroxyl groups is 1. The van der Waals surface area contributed by atoms with Crippen molar-refractivity contribution in [3.05, 3.63) is 90.0 Å². The van der Waals surface area contributed by atoms with Gasteiger partial charge in [0.05, 0.1) is 29.0 Å². The second-order valence-electron chi connectivity index (χ2n) is 15.8. The number of nitrogens with zero attached hydrogens (tertiary/aromatic N) is 8. The van der Waals surface area contributed by atoms with Crippen molar-refractivity contribution >= 4 is 67.9 Å². The lowest BCUT2D eigenvalue weighted by atomic mass is 9.87. The van der Waals surface area contributed by atoms with E-state index in [0.717, 1.165) is 4.31 Å². The van der Waals surface area contributed by atoms with Gasteiger partial charge in [-0.25, -0.2) is 28.5 Å². The SMILES string of the molecule is CCN(C)S(=O)(=O)Nc1cccc(C(=O)c2c[nH]c3ncc(-c4cnc(N5CCN(C(=O)CC6(O)CCN(c7ccc(N8CCC(=O)NC8=O)cc7F)CC6)CC5)nc4)cc23)c1F. The van der Waals surface area contributed by atoms with Crippen LogP contribution in [0.15, 0.2) is 67.3 Å². The van der Waals surface area contributed by atoms with Gasteiger partial charge in [-0.05, 0) is 49.2 Å². The summed E-state index contributed by atoms with van der Waals surface area (Å²) >= 11 is 0. The number of ketones is 1. The molecule has 6 heterocycles. The molecule has 63 heavy (non-hydrogen) atoms. The molecule has 8 rings (SSSR count). The van der Waals surface area contributed by atoms with Crippen LogP contribution in [-0.2, 0) is 19.8 Å². The Morgan fingerprint density at radius 1 is 0.905 bits per heavy atom. The maximum Gasteiger partial charge on any atom is 0.328 e. The summed E-state index contributed by atoms with van der Waals surface area (Å²) in [7, 11) is -2.69. The van der Waals surface area contributed by atoms with Crippen LogP contribution in [0, 0.1) is 11.6 Å². The lowest BCUT2D eigenvalue weighted by Crippen LogP contribution is -2.52. The number of aromatic amines is 1. The summed E-state index contributed by atoms with van der Waals surface area (Å²) in [6, 6.07) is 9.50. The fraction of sp³-hybridized carbons (Fsp3) is 0.357. The summed E-state index contributed by atoms with van der Waals surface area (Å²) in [5, 5.41) is 14.0. The number of aromatic nitrogens is 4. The summed E-state index contributed by atoms with van der Waals surface area (Å²) in [5.74, 6) is -2.31. The Morgan fingerprint density at radius 3 is 2.30 bits per heavy atom. The minimum absolute atomic E-state index is 0.0667. The number of carbonyl (C=O) groups excluding carboxylic acids is 4. The highest BCUT2D eigenvalue weighted by molar-refractivity contribution is 7.90. The zero-order valence-electron chi connectivity index (χ0n) is 34.5. The number of nitrogens with one attached hydrogen (secondary N) is 3. The minimum Gasteiger partial charge on any atom is -0.389 e. The molecule has 0 atom stereocenters. The van der Waals surface area contributed by atoms with Crippen molar-refractivity contribution in [3.8, 4) is 11.1 Å². The molecular formula is C42H45F2N11O7S. The molecule has 4 N–H and O–H groups in total. The standard InChI is InChI=1S/C42H45F2N11O7S/c1-3-51(2)63(61,62)50-33-6-4-5-29(37(33)44)38(58)31-25-46-39-30(31)19-26(22-45-39)27-23-47-40(48-24-27)54-17-15-53(16-18-54)36(57)21-42(60)10-13-52(14-11-42)34-8-7-28(20-32(34)43)55-12-9-35(56)49-41(55)59/h4-8,19-20,22-25,50,60H,3,9-18,21H2,1-2H3,(H,45,46)(H,49,56,59). The summed E-state index contributed by atoms with van der Waals surface area (Å²) in [6.45, 7) is 4.30. The summed E-state index contributed by atoms with van der Waals surface area (Å²) in [6.07, 6.45) is 6.84. The zero-order chi connectivity index (χ0) is 44.6. The van der Waals surface area contributed by atoms with Gasteiger partial charge in [-0.15, -0.1) is 0 Å². The first-order valence-corrected chi connectivity index (χ1v) is 21.8. The second kappa shape index (κ2) is 17.3. The van der Waals surface area contributed by atoms with Crippen molar-refractivity contribution in [1.82, 2.24) is 34.5 Å². The van der Waals surface area contributed by atoms with Gasteiger partial charge in [0, 0.05) is 118 Å². The van der Waals surface area contributed by atoms with Crippen LogP contribution in [-0.4, -0.2) is 131 Å². The van der Waals surface area contributed by atoms with Gasteiger partial charge < -0.3 is 24.8 Å². The lowest BCUT2D eigenvalue weighted by molar-refractivity contribution is -0.137. The fourth-order valence-electron chi connectivity index (χ4n) is 7.92. The number of urea groups is 1. The summed E-state index contributed by atoms with van der Waals surface area (Å²) in [5.41, 5.74) is 0.461. The Bertz CT molecular complexity index is 2700. The van der Waals surface area contributed by atoms with Crippen molar-refractivity contribution in [1.29, 1.82) is 0 Å². The number of benzene rings is 2. The van der Waals surface area contributed by atoms with Gasteiger partial charge in [-0.3, -0.25) is 29.3 Å². The molecular weight excluding hydrogens is 841 g/mol. The number of halogens is 2. The van der Waals surface area contributed by atoms with Gasteiger partial charge >= 0.3 is 16.2 Å². The highest BCUT2D eigenvalue weighted by Gasteiger charge is 2.37. The Balaban J connectivity index is 0.853. The van der Waals surface area contributed by atoms with E-state index < -0.39 is 39.3 Å². The van der Waals surface area contributed by atoms with E-state index in [1.54, 1.807) is 48.6 Å². The molecule has 18 nitrogen and oxygen atoms in total. The number of amides is 4. The third-order valence-electron chi connectivity index (χ3n) is 11.8. The van der Waals surface area contributed by atoms with Crippen molar-refractivity contribution < 1.29 is 41.5 Å². The normalized spacial score (nSPS) is 17.0. The van der Waals surface area contributed by atoms with Gasteiger partial charge in [0.1, 0.15) is 11.5 Å². The molecule has 4 amide bonds. The molecule has 0 aliphatic carbocycles. The van der Waals surface area contributed by atoms with Gasteiger partial charge in [-0.2, -0.15) is 12.7 Å². The van der Waals surface area contributed by atoms with E-state index in [-0.39, 0.29) is 67.4 Å². The highest BCUT2D eigenvalue weighted by atomic mass is 32.2. The van der Waals surface area contributed by atoms with Crippen LogP contribution in [0.2, 0.25) is 0 Å². The molecule has 3 aromatic heterocycles. The topological polar surface area (TPSA) is 217 Å². The number of pyridine rings is 1. The number of imide groups is 1. The number of anilines is 4. The summed E-state index contributed by atoms with van der Waals surface area (Å²) in [4.78, 5) is 74.0. The van der Waals surface area contributed by atoms with Crippen LogP contribution in [0.25, 0.3) is 22.2 Å². The van der Waals surface area contributed by atoms with Crippen molar-refractivity contribution in [3.63, 3.8) is 0 Å². The van der Waals surface area contributed by atoms with Gasteiger partial charge in [-0.1, -0.05) is 13.0 Å². The van der Waals surface area contributed by atoms with E-state index in [0.29, 0.717) is 78.8 Å². The first kappa shape index (κ1) is 43.1. The van der Waals surface area contributed by atoms with E-state index >= 15 is 8.78 Å². The predicted octanol–water partition coefficient (Wildman–Crippen LogP) is 3.65. The third kappa shape index (κ3) is 8.88. The molecule has 0 saturated carbocycles. The van der Waals surface area contributed by atoms with Gasteiger partial charge in [0.25, 0.3) is 0 Å². The number of hydrogen-bond donors (Lipinski definition) is 4. The van der Waals surface area contributed by atoms with Crippen LogP contribution in [0.4, 0.5) is 36.6 Å². The molecule has 0 unspecified atom stereocenters. The number of H-pyrrole nitrogens is 1. The molecule has 330 valence electrons. The number of hydrogen-bond acceptors (Lipinski definition) is 12. The van der Waals surface area contributed by atoms with Crippen molar-refractivity contribution in [2.24, 2.45) is 0 Å². The quantitative estimate of drug-likeness (QED) is 0.132. The molecule has 0 bridgehead atoms. The number of rotatable bonds is 12. The second-order valence-corrected chi connectivity index (χ2v) is 17.5. The molecule has 3 aliphatic rings. The largest absolute Gasteiger partial charge is 0.389 e. The first-order valence-electron chi connectivity index (χ1n) is 20.4. The molecule has 0 spiro atoms. The van der Waals surface area contributed by atoms with Crippen LogP contribution in [0.1, 0.15) is 48.5 Å². The van der Waals surface area contributed by atoms with Gasteiger partial charge in [0.2, 0.25) is 17.8 Å². The zero-order valence-corrected chi connectivity index (χ0v) is 35.3. The highest BCUT2D eigenvalue weighted by Crippen LogP contribution is 2.33. The van der Waals surface area contributed by atoms with E-state index in [1.807, 2.05) is 9.80 Å². The van der Waals surface area contributed by atoms with Crippen LogP contribution in [0.3, 0.4) is 0 Å². The van der Waals surface area contributed by atoms with Gasteiger partial charge in [0.15, 0.2) is 11.6 Å². The Morgan fingerprint density at radius 2 is 1.62 bits per heavy atom. The monoisotopic (exact) mass is 885 g/mol. The number of piperidine rings is 1.